The molecule has 0 aliphatic carbocycles. The number of nitrogens with one attached hydrogen (secondary N) is 1. The molecule has 0 saturated heterocycles. The maximum atomic E-state index is 12.4. The number of para-hydroxylation sites is 1. The number of benzene rings is 2. The van der Waals surface area contributed by atoms with Crippen LogP contribution in [-0.2, 0) is 11.2 Å². The lowest BCUT2D eigenvalue weighted by Gasteiger charge is -2.12. The van der Waals surface area contributed by atoms with Gasteiger partial charge in [-0.15, -0.1) is 0 Å². The van der Waals surface area contributed by atoms with Crippen molar-refractivity contribution in [2.75, 3.05) is 19.0 Å². The number of rotatable bonds is 5. The van der Waals surface area contributed by atoms with E-state index in [1.165, 1.54) is 0 Å². The van der Waals surface area contributed by atoms with Gasteiger partial charge in [-0.2, -0.15) is 0 Å². The number of hydrogen-bond donors (Lipinski definition) is 1. The van der Waals surface area contributed by atoms with Gasteiger partial charge in [-0.3, -0.25) is 4.79 Å². The molecule has 0 unspecified atom stereocenters. The third kappa shape index (κ3) is 4.43. The van der Waals surface area contributed by atoms with Crippen LogP contribution in [0.2, 0.25) is 5.02 Å². The summed E-state index contributed by atoms with van der Waals surface area (Å²) in [5, 5.41) is 3.50. The fraction of sp³-hybridized carbons (Fsp3) is 0.188. The van der Waals surface area contributed by atoms with Gasteiger partial charge in [0.05, 0.1) is 12.2 Å². The van der Waals surface area contributed by atoms with Crippen LogP contribution in [-0.4, -0.2) is 19.6 Å². The zero-order chi connectivity index (χ0) is 15.2. The molecule has 1 N–H and O–H groups in total. The monoisotopic (exact) mass is 415 g/mol. The highest BCUT2D eigenvalue weighted by Crippen LogP contribution is 2.21. The van der Waals surface area contributed by atoms with Gasteiger partial charge in [0.15, 0.2) is 0 Å². The van der Waals surface area contributed by atoms with E-state index in [4.69, 9.17) is 16.3 Å². The number of methoxy groups -OCH3 is 1. The molecule has 1 amide bonds. The lowest BCUT2D eigenvalue weighted by atomic mass is 10.1. The molecule has 3 nitrogen and oxygen atoms in total. The van der Waals surface area contributed by atoms with Gasteiger partial charge < -0.3 is 10.1 Å². The number of halogens is 2. The minimum Gasteiger partial charge on any atom is -0.384 e. The van der Waals surface area contributed by atoms with E-state index in [-0.39, 0.29) is 5.91 Å². The van der Waals surface area contributed by atoms with E-state index >= 15 is 0 Å². The van der Waals surface area contributed by atoms with E-state index in [1.807, 2.05) is 30.3 Å². The number of amides is 1. The highest BCUT2D eigenvalue weighted by atomic mass is 127. The Morgan fingerprint density at radius 2 is 2.05 bits per heavy atom. The quantitative estimate of drug-likeness (QED) is 0.736. The molecule has 0 aliphatic heterocycles. The number of carbonyl (C=O) groups is 1. The average molecular weight is 416 g/mol. The molecule has 2 aromatic carbocycles. The first-order valence-electron chi connectivity index (χ1n) is 6.45. The second-order valence-corrected chi connectivity index (χ2v) is 6.08. The minimum absolute atomic E-state index is 0.160. The van der Waals surface area contributed by atoms with E-state index in [1.54, 1.807) is 19.2 Å². The van der Waals surface area contributed by atoms with E-state index in [2.05, 4.69) is 27.9 Å². The Morgan fingerprint density at radius 1 is 1.29 bits per heavy atom. The van der Waals surface area contributed by atoms with Crippen molar-refractivity contribution in [3.8, 4) is 0 Å². The summed E-state index contributed by atoms with van der Waals surface area (Å²) in [7, 11) is 1.66. The Bertz CT molecular complexity index is 646. The molecular weight excluding hydrogens is 401 g/mol. The normalized spacial score (nSPS) is 10.4. The zero-order valence-corrected chi connectivity index (χ0v) is 14.4. The Kier molecular flexibility index (Phi) is 6.02. The molecule has 5 heteroatoms. The summed E-state index contributed by atoms with van der Waals surface area (Å²) < 4.78 is 5.96. The molecule has 0 saturated carbocycles. The molecule has 2 aromatic rings. The molecule has 0 aliphatic rings. The van der Waals surface area contributed by atoms with Gasteiger partial charge in [0.2, 0.25) is 0 Å². The number of carbonyl (C=O) groups excluding carboxylic acids is 1. The van der Waals surface area contributed by atoms with Crippen molar-refractivity contribution in [2.45, 2.75) is 6.42 Å². The Labute approximate surface area is 142 Å². The molecule has 0 aromatic heterocycles. The van der Waals surface area contributed by atoms with Gasteiger partial charge in [-0.1, -0.05) is 29.8 Å². The maximum absolute atomic E-state index is 12.4. The number of ether oxygens (including phenoxy) is 1. The molecule has 0 spiro atoms. The lowest BCUT2D eigenvalue weighted by molar-refractivity contribution is 0.102. The first-order chi connectivity index (χ1) is 10.1. The summed E-state index contributed by atoms with van der Waals surface area (Å²) in [5.41, 5.74) is 2.42. The molecule has 0 atom stereocenters. The van der Waals surface area contributed by atoms with Gasteiger partial charge in [0.1, 0.15) is 0 Å². The summed E-state index contributed by atoms with van der Waals surface area (Å²) in [6, 6.07) is 13.0. The topological polar surface area (TPSA) is 38.3 Å². The van der Waals surface area contributed by atoms with Crippen LogP contribution >= 0.6 is 34.2 Å². The second kappa shape index (κ2) is 7.77. The summed E-state index contributed by atoms with van der Waals surface area (Å²) in [6.07, 6.45) is 0.750. The van der Waals surface area contributed by atoms with Crippen LogP contribution in [0.1, 0.15) is 15.9 Å². The zero-order valence-electron chi connectivity index (χ0n) is 11.5. The molecule has 0 heterocycles. The first-order valence-corrected chi connectivity index (χ1v) is 7.90. The largest absolute Gasteiger partial charge is 0.384 e. The first kappa shape index (κ1) is 16.3. The maximum Gasteiger partial charge on any atom is 0.256 e. The summed E-state index contributed by atoms with van der Waals surface area (Å²) >= 11 is 8.09. The van der Waals surface area contributed by atoms with Crippen LogP contribution in [0.15, 0.2) is 42.5 Å². The summed E-state index contributed by atoms with van der Waals surface area (Å²) in [6.45, 7) is 0.613. The number of hydrogen-bond acceptors (Lipinski definition) is 2. The van der Waals surface area contributed by atoms with Crippen LogP contribution in [0.5, 0.6) is 0 Å². The van der Waals surface area contributed by atoms with Crippen LogP contribution in [0.25, 0.3) is 0 Å². The third-order valence-electron chi connectivity index (χ3n) is 3.01. The van der Waals surface area contributed by atoms with Crippen molar-refractivity contribution in [3.63, 3.8) is 0 Å². The summed E-state index contributed by atoms with van der Waals surface area (Å²) in [5.74, 6) is -0.160. The lowest BCUT2D eigenvalue weighted by Crippen LogP contribution is -2.15. The predicted octanol–water partition coefficient (Wildman–Crippen LogP) is 4.39. The fourth-order valence-corrected chi connectivity index (χ4v) is 2.69. The molecule has 110 valence electrons. The Morgan fingerprint density at radius 3 is 2.81 bits per heavy atom. The minimum atomic E-state index is -0.160. The van der Waals surface area contributed by atoms with Crippen molar-refractivity contribution >= 4 is 45.8 Å². The van der Waals surface area contributed by atoms with Crippen LogP contribution in [0, 0.1) is 3.57 Å². The van der Waals surface area contributed by atoms with Crippen molar-refractivity contribution in [3.05, 3.63) is 62.2 Å². The van der Waals surface area contributed by atoms with Gasteiger partial charge in [0, 0.05) is 21.4 Å². The second-order valence-electron chi connectivity index (χ2n) is 4.48. The average Bonchev–Trinajstić information content (AvgIpc) is 2.48. The van der Waals surface area contributed by atoms with E-state index in [0.29, 0.717) is 17.2 Å². The van der Waals surface area contributed by atoms with Crippen molar-refractivity contribution in [2.24, 2.45) is 0 Å². The van der Waals surface area contributed by atoms with Crippen LogP contribution < -0.4 is 5.32 Å². The van der Waals surface area contributed by atoms with Gasteiger partial charge in [-0.05, 0) is 58.8 Å². The van der Waals surface area contributed by atoms with E-state index < -0.39 is 0 Å². The number of anilines is 1. The molecular formula is C16H15ClINO2. The van der Waals surface area contributed by atoms with Crippen LogP contribution in [0.4, 0.5) is 5.69 Å². The predicted molar refractivity (Wildman–Crippen MR) is 94.1 cm³/mol. The molecule has 0 radical (unpaired) electrons. The van der Waals surface area contributed by atoms with Crippen molar-refractivity contribution in [1.29, 1.82) is 0 Å². The highest BCUT2D eigenvalue weighted by Gasteiger charge is 2.12. The van der Waals surface area contributed by atoms with Gasteiger partial charge in [-0.25, -0.2) is 0 Å². The fourth-order valence-electron chi connectivity index (χ4n) is 1.93. The van der Waals surface area contributed by atoms with Gasteiger partial charge >= 0.3 is 0 Å². The smallest absolute Gasteiger partial charge is 0.256 e. The van der Waals surface area contributed by atoms with Crippen molar-refractivity contribution in [1.82, 2.24) is 0 Å². The summed E-state index contributed by atoms with van der Waals surface area (Å²) in [4.78, 5) is 12.4. The van der Waals surface area contributed by atoms with Crippen LogP contribution in [0.3, 0.4) is 0 Å². The molecule has 0 fully saturated rings. The molecule has 21 heavy (non-hydrogen) atoms. The third-order valence-corrected chi connectivity index (χ3v) is 4.19. The van der Waals surface area contributed by atoms with E-state index in [9.17, 15) is 4.79 Å². The molecule has 2 rings (SSSR count). The standard InChI is InChI=1S/C16H15ClINO2/c1-21-9-8-11-4-2-3-5-15(11)19-16(20)13-10-12(17)6-7-14(13)18/h2-7,10H,8-9H2,1H3,(H,19,20). The highest BCUT2D eigenvalue weighted by molar-refractivity contribution is 14.1. The Balaban J connectivity index is 2.21. The van der Waals surface area contributed by atoms with Gasteiger partial charge in [0.25, 0.3) is 5.91 Å². The Hall–Kier alpha value is -1.11. The SMILES string of the molecule is COCCc1ccccc1NC(=O)c1cc(Cl)ccc1I. The van der Waals surface area contributed by atoms with E-state index in [0.717, 1.165) is 21.2 Å². The molecule has 0 bridgehead atoms. The van der Waals surface area contributed by atoms with Crippen molar-refractivity contribution < 1.29 is 9.53 Å².